The van der Waals surface area contributed by atoms with Crippen molar-refractivity contribution in [1.82, 2.24) is 4.98 Å². The summed E-state index contributed by atoms with van der Waals surface area (Å²) in [5.74, 6) is -1.01. The molecule has 5 heteroatoms. The number of hydrogen-bond donors (Lipinski definition) is 2. The van der Waals surface area contributed by atoms with Crippen LogP contribution in [-0.4, -0.2) is 16.1 Å². The van der Waals surface area contributed by atoms with E-state index in [2.05, 4.69) is 11.1 Å². The first kappa shape index (κ1) is 16.2. The zero-order chi connectivity index (χ0) is 16.8. The maximum Gasteiger partial charge on any atom is 0.333 e. The molecule has 5 nitrogen and oxygen atoms in total. The van der Waals surface area contributed by atoms with E-state index in [1.54, 1.807) is 24.4 Å². The number of carboxylic acid groups (broad SMARTS) is 1. The Balaban J connectivity index is 2.30. The number of nitrogens with zero attached hydrogens (tertiary/aromatic N) is 2. The number of allylic oxidation sites excluding steroid dienone is 1. The second kappa shape index (κ2) is 7.23. The van der Waals surface area contributed by atoms with Gasteiger partial charge in [0, 0.05) is 23.9 Å². The molecule has 0 unspecified atom stereocenters. The Bertz CT molecular complexity index is 787. The van der Waals surface area contributed by atoms with E-state index in [1.165, 1.54) is 0 Å². The molecule has 0 saturated carbocycles. The third kappa shape index (κ3) is 3.74. The zero-order valence-electron chi connectivity index (χ0n) is 12.8. The first-order chi connectivity index (χ1) is 11.1. The third-order valence-corrected chi connectivity index (χ3v) is 3.56. The SMILES string of the molecule is CC/C(N)=C(\Cc1ccc(-c2ccccc2C#N)nc1)C(=O)O. The Kier molecular flexibility index (Phi) is 5.11. The minimum absolute atomic E-state index is 0.194. The van der Waals surface area contributed by atoms with Gasteiger partial charge in [-0.3, -0.25) is 4.98 Å². The minimum atomic E-state index is -1.01. The summed E-state index contributed by atoms with van der Waals surface area (Å²) in [5.41, 5.74) is 9.07. The number of benzene rings is 1. The molecule has 0 radical (unpaired) electrons. The van der Waals surface area contributed by atoms with E-state index < -0.39 is 5.97 Å². The van der Waals surface area contributed by atoms with Crippen molar-refractivity contribution in [2.24, 2.45) is 5.73 Å². The van der Waals surface area contributed by atoms with E-state index in [0.717, 1.165) is 11.1 Å². The van der Waals surface area contributed by atoms with Crippen LogP contribution in [0.3, 0.4) is 0 Å². The maximum absolute atomic E-state index is 11.3. The maximum atomic E-state index is 11.3. The Morgan fingerprint density at radius 1 is 1.30 bits per heavy atom. The van der Waals surface area contributed by atoms with Gasteiger partial charge in [0.1, 0.15) is 0 Å². The highest BCUT2D eigenvalue weighted by atomic mass is 16.4. The molecule has 0 aliphatic rings. The third-order valence-electron chi connectivity index (χ3n) is 3.56. The normalized spacial score (nSPS) is 11.5. The molecular formula is C18H17N3O2. The summed E-state index contributed by atoms with van der Waals surface area (Å²) < 4.78 is 0. The van der Waals surface area contributed by atoms with E-state index in [0.29, 0.717) is 23.4 Å². The highest BCUT2D eigenvalue weighted by molar-refractivity contribution is 5.88. The zero-order valence-corrected chi connectivity index (χ0v) is 12.8. The van der Waals surface area contributed by atoms with Crippen molar-refractivity contribution in [2.45, 2.75) is 19.8 Å². The van der Waals surface area contributed by atoms with E-state index in [1.807, 2.05) is 25.1 Å². The van der Waals surface area contributed by atoms with Gasteiger partial charge in [-0.2, -0.15) is 5.26 Å². The number of carbonyl (C=O) groups is 1. The lowest BCUT2D eigenvalue weighted by Gasteiger charge is -2.08. The number of pyridine rings is 1. The van der Waals surface area contributed by atoms with Gasteiger partial charge < -0.3 is 10.8 Å². The van der Waals surface area contributed by atoms with E-state index in [9.17, 15) is 9.90 Å². The molecule has 3 N–H and O–H groups in total. The van der Waals surface area contributed by atoms with Gasteiger partial charge in [0.25, 0.3) is 0 Å². The molecule has 1 aromatic carbocycles. The standard InChI is InChI=1S/C18H17N3O2/c1-2-16(20)15(18(22)23)9-12-7-8-17(21-11-12)14-6-4-3-5-13(14)10-19/h3-8,11H,2,9,20H2,1H3,(H,22,23)/b16-15-. The molecule has 0 amide bonds. The van der Waals surface area contributed by atoms with Crippen LogP contribution in [0.25, 0.3) is 11.3 Å². The first-order valence-corrected chi connectivity index (χ1v) is 7.22. The summed E-state index contributed by atoms with van der Waals surface area (Å²) in [6.45, 7) is 1.82. The van der Waals surface area contributed by atoms with Gasteiger partial charge >= 0.3 is 5.97 Å². The van der Waals surface area contributed by atoms with Crippen molar-refractivity contribution >= 4 is 5.97 Å². The number of aromatic nitrogens is 1. The van der Waals surface area contributed by atoms with Gasteiger partial charge in [0.2, 0.25) is 0 Å². The van der Waals surface area contributed by atoms with Gasteiger partial charge in [-0.15, -0.1) is 0 Å². The quantitative estimate of drug-likeness (QED) is 0.827. The van der Waals surface area contributed by atoms with Gasteiger partial charge in [0.05, 0.1) is 22.9 Å². The molecule has 0 aliphatic carbocycles. The highest BCUT2D eigenvalue weighted by Gasteiger charge is 2.13. The van der Waals surface area contributed by atoms with Crippen LogP contribution >= 0.6 is 0 Å². The lowest BCUT2D eigenvalue weighted by Crippen LogP contribution is -2.12. The van der Waals surface area contributed by atoms with E-state index in [4.69, 9.17) is 11.0 Å². The van der Waals surface area contributed by atoms with Crippen LogP contribution in [0.1, 0.15) is 24.5 Å². The van der Waals surface area contributed by atoms with Gasteiger partial charge in [-0.25, -0.2) is 4.79 Å². The van der Waals surface area contributed by atoms with Crippen molar-refractivity contribution in [3.05, 3.63) is 65.0 Å². The molecule has 2 rings (SSSR count). The van der Waals surface area contributed by atoms with Gasteiger partial charge in [0.15, 0.2) is 0 Å². The molecule has 0 fully saturated rings. The van der Waals surface area contributed by atoms with Gasteiger partial charge in [-0.05, 0) is 24.1 Å². The first-order valence-electron chi connectivity index (χ1n) is 7.22. The van der Waals surface area contributed by atoms with Crippen molar-refractivity contribution in [3.8, 4) is 17.3 Å². The molecule has 23 heavy (non-hydrogen) atoms. The van der Waals surface area contributed by atoms with Crippen LogP contribution in [0.5, 0.6) is 0 Å². The predicted molar refractivity (Wildman–Crippen MR) is 87.2 cm³/mol. The average Bonchev–Trinajstić information content (AvgIpc) is 2.59. The highest BCUT2D eigenvalue weighted by Crippen LogP contribution is 2.22. The number of rotatable bonds is 5. The molecule has 2 aromatic rings. The lowest BCUT2D eigenvalue weighted by atomic mass is 10.0. The number of hydrogen-bond acceptors (Lipinski definition) is 4. The molecule has 116 valence electrons. The molecule has 0 atom stereocenters. The Hall–Kier alpha value is -3.13. The fraction of sp³-hybridized carbons (Fsp3) is 0.167. The van der Waals surface area contributed by atoms with Gasteiger partial charge in [-0.1, -0.05) is 31.2 Å². The molecule has 0 aliphatic heterocycles. The summed E-state index contributed by atoms with van der Waals surface area (Å²) in [6, 6.07) is 12.9. The summed E-state index contributed by atoms with van der Waals surface area (Å²) in [6.07, 6.45) is 2.33. The molecule has 0 saturated heterocycles. The Morgan fingerprint density at radius 2 is 2.04 bits per heavy atom. The fourth-order valence-corrected chi connectivity index (χ4v) is 2.24. The van der Waals surface area contributed by atoms with Crippen molar-refractivity contribution in [2.75, 3.05) is 0 Å². The molecular weight excluding hydrogens is 290 g/mol. The largest absolute Gasteiger partial charge is 0.478 e. The minimum Gasteiger partial charge on any atom is -0.478 e. The van der Waals surface area contributed by atoms with Crippen molar-refractivity contribution in [1.29, 1.82) is 5.26 Å². The number of aliphatic carboxylic acids is 1. The Labute approximate surface area is 134 Å². The van der Waals surface area contributed by atoms with Crippen LogP contribution in [0.4, 0.5) is 0 Å². The Morgan fingerprint density at radius 3 is 2.61 bits per heavy atom. The monoisotopic (exact) mass is 307 g/mol. The smallest absolute Gasteiger partial charge is 0.333 e. The fourth-order valence-electron chi connectivity index (χ4n) is 2.24. The van der Waals surface area contributed by atoms with Crippen LogP contribution in [-0.2, 0) is 11.2 Å². The summed E-state index contributed by atoms with van der Waals surface area (Å²) in [5, 5.41) is 18.4. The predicted octanol–water partition coefficient (Wildman–Crippen LogP) is 2.87. The van der Waals surface area contributed by atoms with Crippen LogP contribution < -0.4 is 5.73 Å². The average molecular weight is 307 g/mol. The lowest BCUT2D eigenvalue weighted by molar-refractivity contribution is -0.132. The van der Waals surface area contributed by atoms with E-state index in [-0.39, 0.29) is 12.0 Å². The second-order valence-corrected chi connectivity index (χ2v) is 5.05. The summed E-state index contributed by atoms with van der Waals surface area (Å²) in [4.78, 5) is 15.6. The topological polar surface area (TPSA) is 100 Å². The molecule has 1 aromatic heterocycles. The number of nitriles is 1. The van der Waals surface area contributed by atoms with Crippen LogP contribution in [0.15, 0.2) is 53.9 Å². The van der Waals surface area contributed by atoms with Crippen LogP contribution in [0, 0.1) is 11.3 Å². The van der Waals surface area contributed by atoms with Crippen LogP contribution in [0.2, 0.25) is 0 Å². The van der Waals surface area contributed by atoms with E-state index >= 15 is 0 Å². The van der Waals surface area contributed by atoms with Crippen molar-refractivity contribution < 1.29 is 9.90 Å². The summed E-state index contributed by atoms with van der Waals surface area (Å²) >= 11 is 0. The molecule has 1 heterocycles. The number of nitrogens with two attached hydrogens (primary N) is 1. The van der Waals surface area contributed by atoms with Crippen molar-refractivity contribution in [3.63, 3.8) is 0 Å². The molecule has 0 bridgehead atoms. The number of carboxylic acids is 1. The second-order valence-electron chi connectivity index (χ2n) is 5.05. The molecule has 0 spiro atoms. The summed E-state index contributed by atoms with van der Waals surface area (Å²) in [7, 11) is 0.